The van der Waals surface area contributed by atoms with E-state index in [0.29, 0.717) is 17.5 Å². The number of benzene rings is 4. The maximum absolute atomic E-state index is 6.18. The Bertz CT molecular complexity index is 1290. The number of rotatable bonds is 5. The minimum absolute atomic E-state index is 0.421. The Morgan fingerprint density at radius 2 is 1.47 bits per heavy atom. The third-order valence-electron chi connectivity index (χ3n) is 4.95. The fraction of sp³-hybridized carbons (Fsp3) is 0.0385. The summed E-state index contributed by atoms with van der Waals surface area (Å²) in [5, 5.41) is 0.704. The molecule has 4 heteroatoms. The van der Waals surface area contributed by atoms with Crippen LogP contribution in [0.4, 0.5) is 0 Å². The second-order valence-corrected chi connectivity index (χ2v) is 7.38. The minimum atomic E-state index is 0.421. The number of halogens is 1. The maximum atomic E-state index is 6.18. The summed E-state index contributed by atoms with van der Waals surface area (Å²) < 4.78 is 11.8. The first-order valence-corrected chi connectivity index (χ1v) is 10.1. The zero-order valence-electron chi connectivity index (χ0n) is 16.1. The molecule has 0 saturated heterocycles. The van der Waals surface area contributed by atoms with Gasteiger partial charge in [0.2, 0.25) is 5.89 Å². The van der Waals surface area contributed by atoms with Crippen LogP contribution in [0.5, 0.6) is 5.75 Å². The van der Waals surface area contributed by atoms with E-state index in [-0.39, 0.29) is 0 Å². The minimum Gasteiger partial charge on any atom is -0.489 e. The van der Waals surface area contributed by atoms with Crippen LogP contribution in [0.15, 0.2) is 101 Å². The molecular weight excluding hydrogens is 394 g/mol. The van der Waals surface area contributed by atoms with Crippen molar-refractivity contribution in [2.75, 3.05) is 0 Å². The Morgan fingerprint density at radius 1 is 0.733 bits per heavy atom. The van der Waals surface area contributed by atoms with Crippen LogP contribution in [0.1, 0.15) is 5.56 Å². The normalized spacial score (nSPS) is 11.0. The Kier molecular flexibility index (Phi) is 4.96. The molecule has 5 rings (SSSR count). The van der Waals surface area contributed by atoms with Gasteiger partial charge in [0.1, 0.15) is 17.9 Å². The molecule has 0 aliphatic carbocycles. The van der Waals surface area contributed by atoms with Crippen molar-refractivity contribution in [2.45, 2.75) is 6.61 Å². The van der Waals surface area contributed by atoms with E-state index in [2.05, 4.69) is 29.2 Å². The molecule has 0 bridgehead atoms. The van der Waals surface area contributed by atoms with Crippen molar-refractivity contribution >= 4 is 22.7 Å². The van der Waals surface area contributed by atoms with Crippen LogP contribution in [-0.2, 0) is 6.61 Å². The average molecular weight is 412 g/mol. The number of hydrogen-bond acceptors (Lipinski definition) is 3. The van der Waals surface area contributed by atoms with Crippen molar-refractivity contribution in [3.8, 4) is 28.3 Å². The first-order chi connectivity index (χ1) is 14.8. The van der Waals surface area contributed by atoms with E-state index in [1.54, 1.807) is 0 Å². The molecule has 0 amide bonds. The molecule has 5 aromatic rings. The molecular formula is C26H18ClNO2. The van der Waals surface area contributed by atoms with Gasteiger partial charge < -0.3 is 9.15 Å². The Hall–Kier alpha value is -3.56. The molecule has 0 N–H and O–H groups in total. The third kappa shape index (κ3) is 3.80. The number of fused-ring (bicyclic) bond motifs is 1. The van der Waals surface area contributed by atoms with Gasteiger partial charge in [0, 0.05) is 16.1 Å². The molecule has 0 spiro atoms. The summed E-state index contributed by atoms with van der Waals surface area (Å²) in [6.07, 6.45) is 0. The van der Waals surface area contributed by atoms with E-state index < -0.39 is 0 Å². The van der Waals surface area contributed by atoms with Crippen LogP contribution in [-0.4, -0.2) is 4.98 Å². The average Bonchev–Trinajstić information content (AvgIpc) is 3.23. The van der Waals surface area contributed by atoms with Crippen molar-refractivity contribution < 1.29 is 9.15 Å². The van der Waals surface area contributed by atoms with Crippen molar-refractivity contribution in [1.29, 1.82) is 0 Å². The Balaban J connectivity index is 1.35. The highest BCUT2D eigenvalue weighted by molar-refractivity contribution is 6.31. The highest BCUT2D eigenvalue weighted by Crippen LogP contribution is 2.29. The standard InChI is InChI=1S/C26H18ClNO2/c27-23-9-5-4-8-21(23)17-29-22-13-10-19(11-14-22)26-28-24-16-20(12-15-25(24)30-26)18-6-2-1-3-7-18/h1-16H,17H2. The van der Waals surface area contributed by atoms with Gasteiger partial charge in [-0.25, -0.2) is 4.98 Å². The number of ether oxygens (including phenoxy) is 1. The summed E-state index contributed by atoms with van der Waals surface area (Å²) in [6, 6.07) is 31.7. The fourth-order valence-corrected chi connectivity index (χ4v) is 3.52. The van der Waals surface area contributed by atoms with Crippen molar-refractivity contribution in [1.82, 2.24) is 4.98 Å². The van der Waals surface area contributed by atoms with E-state index in [4.69, 9.17) is 20.8 Å². The first-order valence-electron chi connectivity index (χ1n) is 9.69. The largest absolute Gasteiger partial charge is 0.489 e. The predicted octanol–water partition coefficient (Wildman–Crippen LogP) is 7.39. The zero-order chi connectivity index (χ0) is 20.3. The molecule has 0 aliphatic rings. The highest BCUT2D eigenvalue weighted by atomic mass is 35.5. The van der Waals surface area contributed by atoms with E-state index in [0.717, 1.165) is 39.1 Å². The zero-order valence-corrected chi connectivity index (χ0v) is 16.8. The number of aromatic nitrogens is 1. The van der Waals surface area contributed by atoms with Gasteiger partial charge in [0.05, 0.1) is 0 Å². The number of oxazole rings is 1. The van der Waals surface area contributed by atoms with E-state index >= 15 is 0 Å². The van der Waals surface area contributed by atoms with Crippen LogP contribution in [0, 0.1) is 0 Å². The van der Waals surface area contributed by atoms with Gasteiger partial charge in [-0.2, -0.15) is 0 Å². The summed E-state index contributed by atoms with van der Waals surface area (Å²) in [5.41, 5.74) is 5.73. The fourth-order valence-electron chi connectivity index (χ4n) is 3.33. The quantitative estimate of drug-likeness (QED) is 0.302. The molecule has 146 valence electrons. The number of hydrogen-bond donors (Lipinski definition) is 0. The molecule has 0 radical (unpaired) electrons. The second-order valence-electron chi connectivity index (χ2n) is 6.97. The van der Waals surface area contributed by atoms with Crippen molar-refractivity contribution in [3.05, 3.63) is 108 Å². The molecule has 0 saturated carbocycles. The van der Waals surface area contributed by atoms with Crippen molar-refractivity contribution in [3.63, 3.8) is 0 Å². The van der Waals surface area contributed by atoms with Crippen molar-refractivity contribution in [2.24, 2.45) is 0 Å². The van der Waals surface area contributed by atoms with E-state index in [1.807, 2.05) is 72.8 Å². The lowest BCUT2D eigenvalue weighted by molar-refractivity contribution is 0.306. The monoisotopic (exact) mass is 411 g/mol. The molecule has 0 unspecified atom stereocenters. The van der Waals surface area contributed by atoms with Gasteiger partial charge in [-0.15, -0.1) is 0 Å². The Morgan fingerprint density at radius 3 is 2.27 bits per heavy atom. The summed E-state index contributed by atoms with van der Waals surface area (Å²) in [4.78, 5) is 4.68. The molecule has 0 atom stereocenters. The van der Waals surface area contributed by atoms with Crippen LogP contribution in [0.2, 0.25) is 5.02 Å². The van der Waals surface area contributed by atoms with Gasteiger partial charge in [-0.3, -0.25) is 0 Å². The second kappa shape index (κ2) is 8.05. The molecule has 30 heavy (non-hydrogen) atoms. The molecule has 4 aromatic carbocycles. The number of nitrogens with zero attached hydrogens (tertiary/aromatic N) is 1. The van der Waals surface area contributed by atoms with Crippen LogP contribution in [0.3, 0.4) is 0 Å². The lowest BCUT2D eigenvalue weighted by Crippen LogP contribution is -1.95. The van der Waals surface area contributed by atoms with Crippen LogP contribution >= 0.6 is 11.6 Å². The molecule has 1 heterocycles. The van der Waals surface area contributed by atoms with Gasteiger partial charge in [-0.1, -0.05) is 66.2 Å². The van der Waals surface area contributed by atoms with Gasteiger partial charge in [0.25, 0.3) is 0 Å². The van der Waals surface area contributed by atoms with E-state index in [1.165, 1.54) is 0 Å². The molecule has 0 fully saturated rings. The third-order valence-corrected chi connectivity index (χ3v) is 5.32. The van der Waals surface area contributed by atoms with Crippen LogP contribution < -0.4 is 4.74 Å². The summed E-state index contributed by atoms with van der Waals surface area (Å²) in [5.74, 6) is 1.36. The molecule has 3 nitrogen and oxygen atoms in total. The van der Waals surface area contributed by atoms with Crippen LogP contribution in [0.25, 0.3) is 33.7 Å². The summed E-state index contributed by atoms with van der Waals surface area (Å²) in [6.45, 7) is 0.421. The first kappa shape index (κ1) is 18.5. The smallest absolute Gasteiger partial charge is 0.227 e. The lowest BCUT2D eigenvalue weighted by atomic mass is 10.1. The van der Waals surface area contributed by atoms with Gasteiger partial charge in [0.15, 0.2) is 5.58 Å². The molecule has 1 aromatic heterocycles. The summed E-state index contributed by atoms with van der Waals surface area (Å²) in [7, 11) is 0. The lowest BCUT2D eigenvalue weighted by Gasteiger charge is -2.07. The topological polar surface area (TPSA) is 35.3 Å². The highest BCUT2D eigenvalue weighted by Gasteiger charge is 2.10. The molecule has 0 aliphatic heterocycles. The van der Waals surface area contributed by atoms with Gasteiger partial charge in [-0.05, 0) is 53.6 Å². The predicted molar refractivity (Wildman–Crippen MR) is 121 cm³/mol. The summed E-state index contributed by atoms with van der Waals surface area (Å²) >= 11 is 6.18. The Labute approximate surface area is 179 Å². The van der Waals surface area contributed by atoms with E-state index in [9.17, 15) is 0 Å². The maximum Gasteiger partial charge on any atom is 0.227 e. The SMILES string of the molecule is Clc1ccccc1COc1ccc(-c2nc3cc(-c4ccccc4)ccc3o2)cc1. The van der Waals surface area contributed by atoms with Gasteiger partial charge >= 0.3 is 0 Å².